The quantitative estimate of drug-likeness (QED) is 0.268. The van der Waals surface area contributed by atoms with E-state index in [2.05, 4.69) is 15.3 Å². The lowest BCUT2D eigenvalue weighted by Gasteiger charge is -2.03. The molecule has 0 saturated heterocycles. The Balaban J connectivity index is 0.00000280. The van der Waals surface area contributed by atoms with Crippen molar-refractivity contribution < 1.29 is 21.9 Å². The number of nitriles is 1. The fourth-order valence-corrected chi connectivity index (χ4v) is 2.32. The normalized spacial score (nSPS) is 10.4. The Bertz CT molecular complexity index is 1070. The SMILES string of the molecule is C[n+]1ccc(Cn2ncc(N=Nc3ccc([N+](=O)[O-])cc3C#N)c2N)cc1.[Cl-]. The van der Waals surface area contributed by atoms with Gasteiger partial charge in [-0.1, -0.05) is 0 Å². The number of nitrogen functional groups attached to an aromatic ring is 1. The molecular formula is C17H15ClN8O2. The number of halogens is 1. The summed E-state index contributed by atoms with van der Waals surface area (Å²) in [5.74, 6) is 0.326. The highest BCUT2D eigenvalue weighted by Crippen LogP contribution is 2.28. The summed E-state index contributed by atoms with van der Waals surface area (Å²) in [6, 6.07) is 9.56. The minimum Gasteiger partial charge on any atom is -1.00 e. The third-order valence-electron chi connectivity index (χ3n) is 3.82. The van der Waals surface area contributed by atoms with Crippen LogP contribution >= 0.6 is 0 Å². The van der Waals surface area contributed by atoms with Gasteiger partial charge < -0.3 is 18.1 Å². The van der Waals surface area contributed by atoms with Crippen LogP contribution in [0.25, 0.3) is 0 Å². The number of non-ortho nitro benzene ring substituents is 1. The van der Waals surface area contributed by atoms with E-state index in [9.17, 15) is 10.1 Å². The molecule has 1 aromatic carbocycles. The van der Waals surface area contributed by atoms with Crippen molar-refractivity contribution in [2.45, 2.75) is 6.54 Å². The minimum atomic E-state index is -0.576. The maximum Gasteiger partial charge on any atom is 0.270 e. The zero-order valence-corrected chi connectivity index (χ0v) is 15.5. The van der Waals surface area contributed by atoms with Crippen molar-refractivity contribution in [3.63, 3.8) is 0 Å². The molecule has 2 N–H and O–H groups in total. The molecule has 10 nitrogen and oxygen atoms in total. The largest absolute Gasteiger partial charge is 1.00 e. The number of aryl methyl sites for hydroxylation is 1. The third-order valence-corrected chi connectivity index (χ3v) is 3.82. The number of azo groups is 1. The van der Waals surface area contributed by atoms with Crippen LogP contribution in [0, 0.1) is 21.4 Å². The van der Waals surface area contributed by atoms with Crippen LogP contribution in [0.4, 0.5) is 22.9 Å². The third kappa shape index (κ3) is 4.46. The van der Waals surface area contributed by atoms with Crippen molar-refractivity contribution >= 4 is 22.9 Å². The number of hydrogen-bond donors (Lipinski definition) is 1. The molecule has 2 heterocycles. The van der Waals surface area contributed by atoms with Crippen molar-refractivity contribution in [1.82, 2.24) is 9.78 Å². The van der Waals surface area contributed by atoms with Crippen LogP contribution in [0.5, 0.6) is 0 Å². The predicted octanol–water partition coefficient (Wildman–Crippen LogP) is -0.463. The Morgan fingerprint density at radius 2 is 1.96 bits per heavy atom. The lowest BCUT2D eigenvalue weighted by Crippen LogP contribution is -3.00. The molecule has 0 aliphatic heterocycles. The summed E-state index contributed by atoms with van der Waals surface area (Å²) in [6.45, 7) is 0.475. The monoisotopic (exact) mass is 398 g/mol. The number of rotatable bonds is 5. The fraction of sp³-hybridized carbons (Fsp3) is 0.118. The van der Waals surface area contributed by atoms with E-state index in [4.69, 9.17) is 11.0 Å². The van der Waals surface area contributed by atoms with Gasteiger partial charge in [0.05, 0.1) is 23.2 Å². The number of benzene rings is 1. The lowest BCUT2D eigenvalue weighted by molar-refractivity contribution is -0.671. The van der Waals surface area contributed by atoms with Gasteiger partial charge in [-0.15, -0.1) is 10.2 Å². The van der Waals surface area contributed by atoms with Gasteiger partial charge in [-0.3, -0.25) is 10.1 Å². The Hall–Kier alpha value is -3.84. The van der Waals surface area contributed by atoms with E-state index in [-0.39, 0.29) is 29.3 Å². The second-order valence-electron chi connectivity index (χ2n) is 5.71. The maximum absolute atomic E-state index is 10.8. The van der Waals surface area contributed by atoms with Gasteiger partial charge in [0, 0.05) is 24.3 Å². The van der Waals surface area contributed by atoms with Gasteiger partial charge in [-0.25, -0.2) is 9.25 Å². The number of nitrogens with two attached hydrogens (primary N) is 1. The number of hydrogen-bond acceptors (Lipinski definition) is 7. The molecule has 3 rings (SSSR count). The van der Waals surface area contributed by atoms with E-state index in [1.807, 2.05) is 42.2 Å². The maximum atomic E-state index is 10.8. The summed E-state index contributed by atoms with van der Waals surface area (Å²) in [6.07, 6.45) is 5.32. The second-order valence-corrected chi connectivity index (χ2v) is 5.71. The first kappa shape index (κ1) is 20.5. The topological polar surface area (TPSA) is 139 Å². The Morgan fingerprint density at radius 3 is 2.61 bits per heavy atom. The standard InChI is InChI=1S/C17H15N8O2.ClH/c1-23-6-4-12(5-7-23)11-24-17(19)16(10-20-24)22-21-15-3-2-14(25(26)27)8-13(15)9-18;/h2-8,10H,11,19H2,1H3;1H/q+1;/p-1. The molecule has 28 heavy (non-hydrogen) atoms. The van der Waals surface area contributed by atoms with Crippen LogP contribution in [0.3, 0.4) is 0 Å². The molecule has 0 aliphatic rings. The van der Waals surface area contributed by atoms with Crippen LogP contribution in [0.1, 0.15) is 11.1 Å². The Labute approximate surface area is 166 Å². The summed E-state index contributed by atoms with van der Waals surface area (Å²) in [7, 11) is 1.93. The highest BCUT2D eigenvalue weighted by Gasteiger charge is 2.12. The number of nitrogens with zero attached hydrogens (tertiary/aromatic N) is 7. The molecule has 0 fully saturated rings. The minimum absolute atomic E-state index is 0. The van der Waals surface area contributed by atoms with E-state index < -0.39 is 4.92 Å². The zero-order valence-electron chi connectivity index (χ0n) is 14.7. The highest BCUT2D eigenvalue weighted by atomic mass is 35.5. The molecular weight excluding hydrogens is 384 g/mol. The Morgan fingerprint density at radius 1 is 1.29 bits per heavy atom. The first-order valence-corrected chi connectivity index (χ1v) is 7.83. The summed E-state index contributed by atoms with van der Waals surface area (Å²) in [5, 5.41) is 32.1. The molecule has 0 bridgehead atoms. The van der Waals surface area contributed by atoms with Gasteiger partial charge in [0.15, 0.2) is 12.4 Å². The zero-order chi connectivity index (χ0) is 19.4. The van der Waals surface area contributed by atoms with Crippen LogP contribution in [0.15, 0.2) is 59.2 Å². The van der Waals surface area contributed by atoms with Crippen LogP contribution in [-0.4, -0.2) is 14.7 Å². The average molecular weight is 399 g/mol. The molecule has 0 spiro atoms. The smallest absolute Gasteiger partial charge is 0.270 e. The van der Waals surface area contributed by atoms with Gasteiger partial charge in [0.1, 0.15) is 30.3 Å². The molecule has 0 radical (unpaired) electrons. The van der Waals surface area contributed by atoms with Gasteiger partial charge in [0.2, 0.25) is 0 Å². The summed E-state index contributed by atoms with van der Waals surface area (Å²) < 4.78 is 3.51. The molecule has 0 unspecified atom stereocenters. The summed E-state index contributed by atoms with van der Waals surface area (Å²) in [4.78, 5) is 10.2. The molecule has 0 saturated carbocycles. The van der Waals surface area contributed by atoms with E-state index in [1.54, 1.807) is 4.68 Å². The predicted molar refractivity (Wildman–Crippen MR) is 95.3 cm³/mol. The van der Waals surface area contributed by atoms with Gasteiger partial charge in [0.25, 0.3) is 5.69 Å². The molecule has 142 valence electrons. The number of nitro groups is 1. The first-order chi connectivity index (χ1) is 13.0. The van der Waals surface area contributed by atoms with E-state index >= 15 is 0 Å². The molecule has 11 heteroatoms. The van der Waals surface area contributed by atoms with Gasteiger partial charge >= 0.3 is 0 Å². The number of anilines is 1. The first-order valence-electron chi connectivity index (χ1n) is 7.83. The van der Waals surface area contributed by atoms with Crippen LogP contribution < -0.4 is 22.7 Å². The van der Waals surface area contributed by atoms with Gasteiger partial charge in [-0.05, 0) is 11.6 Å². The lowest BCUT2D eigenvalue weighted by atomic mass is 10.2. The molecule has 0 aliphatic carbocycles. The molecule has 3 aromatic rings. The van der Waals surface area contributed by atoms with Crippen molar-refractivity contribution in [2.24, 2.45) is 17.3 Å². The molecule has 2 aromatic heterocycles. The van der Waals surface area contributed by atoms with Crippen molar-refractivity contribution in [3.05, 3.63) is 70.2 Å². The summed E-state index contributed by atoms with van der Waals surface area (Å²) >= 11 is 0. The van der Waals surface area contributed by atoms with E-state index in [0.29, 0.717) is 18.1 Å². The fourth-order valence-electron chi connectivity index (χ4n) is 2.32. The van der Waals surface area contributed by atoms with Crippen LogP contribution in [0.2, 0.25) is 0 Å². The van der Waals surface area contributed by atoms with Crippen molar-refractivity contribution in [1.29, 1.82) is 5.26 Å². The number of aromatic nitrogens is 3. The molecule has 0 amide bonds. The summed E-state index contributed by atoms with van der Waals surface area (Å²) in [5.41, 5.74) is 7.51. The highest BCUT2D eigenvalue weighted by molar-refractivity contribution is 5.60. The van der Waals surface area contributed by atoms with E-state index in [0.717, 1.165) is 11.6 Å². The van der Waals surface area contributed by atoms with Crippen molar-refractivity contribution in [2.75, 3.05) is 5.73 Å². The molecule has 0 atom stereocenters. The van der Waals surface area contributed by atoms with Gasteiger partial charge in [-0.2, -0.15) is 10.4 Å². The number of nitro benzene ring substituents is 1. The van der Waals surface area contributed by atoms with Crippen LogP contribution in [-0.2, 0) is 13.6 Å². The second kappa shape index (κ2) is 8.70. The Kier molecular flexibility index (Phi) is 6.36. The van der Waals surface area contributed by atoms with E-state index in [1.165, 1.54) is 18.3 Å². The number of pyridine rings is 1. The van der Waals surface area contributed by atoms with Crippen molar-refractivity contribution in [3.8, 4) is 6.07 Å². The average Bonchev–Trinajstić information content (AvgIpc) is 3.01.